The van der Waals surface area contributed by atoms with E-state index in [4.69, 9.17) is 4.74 Å². The van der Waals surface area contributed by atoms with Gasteiger partial charge in [0.05, 0.1) is 13.3 Å². The molecule has 0 aromatic heterocycles. The first-order chi connectivity index (χ1) is 7.42. The molecule has 82 valence electrons. The van der Waals surface area contributed by atoms with Gasteiger partial charge in [0, 0.05) is 13.0 Å². The Hall–Kier alpha value is -1.09. The lowest BCUT2D eigenvalue weighted by Gasteiger charge is -2.20. The van der Waals surface area contributed by atoms with Crippen molar-refractivity contribution in [1.29, 1.82) is 0 Å². The quantitative estimate of drug-likeness (QED) is 0.766. The number of halogens is 1. The maximum absolute atomic E-state index is 11.9. The smallest absolute Gasteiger partial charge is 0.122 e. The van der Waals surface area contributed by atoms with Crippen LogP contribution in [-0.4, -0.2) is 19.8 Å². The second-order valence-corrected chi connectivity index (χ2v) is 3.71. The standard InChI is InChI=1S/C12H16FNO/c13-6-2-8-15-12-4-1-3-10-9-14-7-5-11(10)12/h1,3-4,14H,2,5-9H2. The number of ether oxygens (including phenoxy) is 1. The third kappa shape index (κ3) is 2.48. The van der Waals surface area contributed by atoms with Crippen molar-refractivity contribution < 1.29 is 9.13 Å². The van der Waals surface area contributed by atoms with Crippen molar-refractivity contribution in [3.63, 3.8) is 0 Å². The lowest BCUT2D eigenvalue weighted by Crippen LogP contribution is -2.24. The number of benzene rings is 1. The lowest BCUT2D eigenvalue weighted by molar-refractivity contribution is 0.286. The van der Waals surface area contributed by atoms with Gasteiger partial charge in [0.25, 0.3) is 0 Å². The number of nitrogens with one attached hydrogen (secondary N) is 1. The Bertz CT molecular complexity index is 327. The van der Waals surface area contributed by atoms with Crippen LogP contribution in [0.25, 0.3) is 0 Å². The van der Waals surface area contributed by atoms with Crippen LogP contribution in [0.1, 0.15) is 17.5 Å². The molecule has 15 heavy (non-hydrogen) atoms. The molecule has 1 aliphatic heterocycles. The maximum Gasteiger partial charge on any atom is 0.122 e. The zero-order chi connectivity index (χ0) is 10.5. The summed E-state index contributed by atoms with van der Waals surface area (Å²) in [5.74, 6) is 0.933. The summed E-state index contributed by atoms with van der Waals surface area (Å²) in [4.78, 5) is 0. The van der Waals surface area contributed by atoms with Crippen LogP contribution < -0.4 is 10.1 Å². The van der Waals surface area contributed by atoms with Crippen LogP contribution in [0.3, 0.4) is 0 Å². The van der Waals surface area contributed by atoms with Gasteiger partial charge in [-0.15, -0.1) is 0 Å². The fourth-order valence-electron chi connectivity index (χ4n) is 1.87. The van der Waals surface area contributed by atoms with Crippen molar-refractivity contribution in [2.24, 2.45) is 0 Å². The maximum atomic E-state index is 11.9. The van der Waals surface area contributed by atoms with Gasteiger partial charge in [0.1, 0.15) is 5.75 Å². The molecule has 0 amide bonds. The molecule has 0 radical (unpaired) electrons. The van der Waals surface area contributed by atoms with Crippen LogP contribution in [0.15, 0.2) is 18.2 Å². The Balaban J connectivity index is 2.09. The van der Waals surface area contributed by atoms with Gasteiger partial charge in [-0.05, 0) is 30.2 Å². The average molecular weight is 209 g/mol. The molecule has 1 heterocycles. The molecule has 0 spiro atoms. The molecule has 0 atom stereocenters. The third-order valence-corrected chi connectivity index (χ3v) is 2.63. The molecule has 0 fully saturated rings. The summed E-state index contributed by atoms with van der Waals surface area (Å²) >= 11 is 0. The van der Waals surface area contributed by atoms with Gasteiger partial charge in [-0.25, -0.2) is 0 Å². The second-order valence-electron chi connectivity index (χ2n) is 3.71. The van der Waals surface area contributed by atoms with Gasteiger partial charge in [-0.2, -0.15) is 0 Å². The molecule has 1 aromatic carbocycles. The summed E-state index contributed by atoms with van der Waals surface area (Å²) in [5.41, 5.74) is 2.59. The predicted octanol–water partition coefficient (Wildman–Crippen LogP) is 2.07. The molecule has 1 N–H and O–H groups in total. The number of hydrogen-bond acceptors (Lipinski definition) is 2. The van der Waals surface area contributed by atoms with Crippen LogP contribution >= 0.6 is 0 Å². The van der Waals surface area contributed by atoms with E-state index in [0.29, 0.717) is 13.0 Å². The summed E-state index contributed by atoms with van der Waals surface area (Å²) < 4.78 is 17.5. The molecule has 0 saturated carbocycles. The van der Waals surface area contributed by atoms with Crippen molar-refractivity contribution in [2.45, 2.75) is 19.4 Å². The largest absolute Gasteiger partial charge is 0.493 e. The molecule has 0 aliphatic carbocycles. The van der Waals surface area contributed by atoms with Crippen molar-refractivity contribution in [3.05, 3.63) is 29.3 Å². The zero-order valence-corrected chi connectivity index (χ0v) is 8.76. The number of fused-ring (bicyclic) bond motifs is 1. The summed E-state index contributed by atoms with van der Waals surface area (Å²) in [7, 11) is 0. The zero-order valence-electron chi connectivity index (χ0n) is 8.76. The highest BCUT2D eigenvalue weighted by Gasteiger charge is 2.12. The van der Waals surface area contributed by atoms with E-state index in [0.717, 1.165) is 25.3 Å². The molecule has 0 bridgehead atoms. The van der Waals surface area contributed by atoms with E-state index in [1.807, 2.05) is 12.1 Å². The number of hydrogen-bond donors (Lipinski definition) is 1. The molecule has 3 heteroatoms. The Labute approximate surface area is 89.4 Å². The van der Waals surface area contributed by atoms with Crippen LogP contribution in [0.4, 0.5) is 4.39 Å². The molecule has 0 saturated heterocycles. The molecule has 1 aliphatic rings. The van der Waals surface area contributed by atoms with E-state index in [1.165, 1.54) is 11.1 Å². The van der Waals surface area contributed by atoms with Crippen LogP contribution in [0, 0.1) is 0 Å². The predicted molar refractivity (Wildman–Crippen MR) is 57.9 cm³/mol. The van der Waals surface area contributed by atoms with Gasteiger partial charge in [0.2, 0.25) is 0 Å². The van der Waals surface area contributed by atoms with Gasteiger partial charge < -0.3 is 10.1 Å². The Morgan fingerprint density at radius 2 is 2.33 bits per heavy atom. The minimum atomic E-state index is -0.309. The second kappa shape index (κ2) is 5.12. The highest BCUT2D eigenvalue weighted by molar-refractivity contribution is 5.41. The van der Waals surface area contributed by atoms with Crippen molar-refractivity contribution in [3.8, 4) is 5.75 Å². The fourth-order valence-corrected chi connectivity index (χ4v) is 1.87. The molecule has 2 nitrogen and oxygen atoms in total. The Morgan fingerprint density at radius 3 is 3.20 bits per heavy atom. The number of rotatable bonds is 4. The summed E-state index contributed by atoms with van der Waals surface area (Å²) in [6, 6.07) is 6.09. The van der Waals surface area contributed by atoms with Crippen LogP contribution in [0.2, 0.25) is 0 Å². The minimum absolute atomic E-state index is 0.309. The summed E-state index contributed by atoms with van der Waals surface area (Å²) in [6.07, 6.45) is 1.48. The van der Waals surface area contributed by atoms with E-state index in [1.54, 1.807) is 0 Å². The normalized spacial score (nSPS) is 14.7. The van der Waals surface area contributed by atoms with E-state index in [-0.39, 0.29) is 6.67 Å². The average Bonchev–Trinajstić information content (AvgIpc) is 2.30. The van der Waals surface area contributed by atoms with E-state index >= 15 is 0 Å². The molecular weight excluding hydrogens is 193 g/mol. The topological polar surface area (TPSA) is 21.3 Å². The van der Waals surface area contributed by atoms with Crippen molar-refractivity contribution >= 4 is 0 Å². The third-order valence-electron chi connectivity index (χ3n) is 2.63. The van der Waals surface area contributed by atoms with E-state index in [9.17, 15) is 4.39 Å². The van der Waals surface area contributed by atoms with Crippen molar-refractivity contribution in [2.75, 3.05) is 19.8 Å². The first-order valence-corrected chi connectivity index (χ1v) is 5.42. The van der Waals surface area contributed by atoms with Crippen LogP contribution in [0.5, 0.6) is 5.75 Å². The van der Waals surface area contributed by atoms with Gasteiger partial charge in [-0.1, -0.05) is 12.1 Å². The van der Waals surface area contributed by atoms with Gasteiger partial charge in [0.15, 0.2) is 0 Å². The minimum Gasteiger partial charge on any atom is -0.493 e. The SMILES string of the molecule is FCCCOc1cccc2c1CCNC2. The fraction of sp³-hybridized carbons (Fsp3) is 0.500. The molecule has 0 unspecified atom stereocenters. The Morgan fingerprint density at radius 1 is 1.40 bits per heavy atom. The number of alkyl halides is 1. The Kier molecular flexibility index (Phi) is 3.56. The van der Waals surface area contributed by atoms with Gasteiger partial charge >= 0.3 is 0 Å². The molecule has 1 aromatic rings. The summed E-state index contributed by atoms with van der Waals surface area (Å²) in [5, 5.41) is 3.32. The van der Waals surface area contributed by atoms with E-state index in [2.05, 4.69) is 11.4 Å². The summed E-state index contributed by atoms with van der Waals surface area (Å²) in [6.45, 7) is 2.07. The monoisotopic (exact) mass is 209 g/mol. The van der Waals surface area contributed by atoms with Crippen LogP contribution in [-0.2, 0) is 13.0 Å². The molecular formula is C12H16FNO. The first-order valence-electron chi connectivity index (χ1n) is 5.42. The van der Waals surface area contributed by atoms with Crippen molar-refractivity contribution in [1.82, 2.24) is 5.32 Å². The highest BCUT2D eigenvalue weighted by atomic mass is 19.1. The van der Waals surface area contributed by atoms with E-state index < -0.39 is 0 Å². The first kappa shape index (κ1) is 10.4. The lowest BCUT2D eigenvalue weighted by atomic mass is 10.0. The molecule has 2 rings (SSSR count). The van der Waals surface area contributed by atoms with Gasteiger partial charge in [-0.3, -0.25) is 4.39 Å². The highest BCUT2D eigenvalue weighted by Crippen LogP contribution is 2.25.